The van der Waals surface area contributed by atoms with Gasteiger partial charge in [0.15, 0.2) is 5.75 Å². The summed E-state index contributed by atoms with van der Waals surface area (Å²) < 4.78 is 0. The summed E-state index contributed by atoms with van der Waals surface area (Å²) in [5.41, 5.74) is 3.57. The molecule has 0 aromatic heterocycles. The topological polar surface area (TPSA) is 87.8 Å². The fourth-order valence-corrected chi connectivity index (χ4v) is 2.24. The van der Waals surface area contributed by atoms with E-state index in [1.165, 1.54) is 24.4 Å². The van der Waals surface area contributed by atoms with Crippen molar-refractivity contribution in [1.29, 1.82) is 0 Å². The molecule has 0 heterocycles. The largest absolute Gasteiger partial charge is 0.502 e. The molecule has 2 rings (SSSR count). The molecule has 0 saturated carbocycles. The Morgan fingerprint density at radius 3 is 2.59 bits per heavy atom. The highest BCUT2D eigenvalue weighted by atomic mass is 35.5. The van der Waals surface area contributed by atoms with Crippen LogP contribution >= 0.6 is 23.2 Å². The Hall–Kier alpha value is -2.31. The van der Waals surface area contributed by atoms with Gasteiger partial charge in [0.25, 0.3) is 0 Å². The van der Waals surface area contributed by atoms with E-state index in [1.807, 2.05) is 0 Å². The Morgan fingerprint density at radius 1 is 1.27 bits per heavy atom. The van der Waals surface area contributed by atoms with Crippen molar-refractivity contribution >= 4 is 35.1 Å². The summed E-state index contributed by atoms with van der Waals surface area (Å²) >= 11 is 12.0. The van der Waals surface area contributed by atoms with E-state index in [1.54, 1.807) is 18.2 Å². The average molecular weight is 340 g/mol. The molecule has 0 spiro atoms. The first-order chi connectivity index (χ1) is 10.5. The molecular weight excluding hydrogens is 329 g/mol. The van der Waals surface area contributed by atoms with Gasteiger partial charge in [-0.3, -0.25) is 10.1 Å². The third kappa shape index (κ3) is 3.87. The molecule has 0 saturated heterocycles. The smallest absolute Gasteiger partial charge is 0.311 e. The van der Waals surface area contributed by atoms with Gasteiger partial charge in [0.2, 0.25) is 0 Å². The maximum Gasteiger partial charge on any atom is 0.311 e. The molecule has 0 aliphatic heterocycles. The Balaban J connectivity index is 2.04. The molecule has 0 aliphatic rings. The van der Waals surface area contributed by atoms with Crippen LogP contribution in [-0.4, -0.2) is 16.2 Å². The van der Waals surface area contributed by atoms with E-state index in [2.05, 4.69) is 10.5 Å². The summed E-state index contributed by atoms with van der Waals surface area (Å²) in [5.74, 6) is -0.391. The number of benzene rings is 2. The van der Waals surface area contributed by atoms with E-state index in [0.29, 0.717) is 27.7 Å². The van der Waals surface area contributed by atoms with Crippen molar-refractivity contribution in [3.05, 3.63) is 67.7 Å². The summed E-state index contributed by atoms with van der Waals surface area (Å²) in [5, 5.41) is 25.1. The zero-order valence-corrected chi connectivity index (χ0v) is 12.7. The molecule has 0 bridgehead atoms. The Bertz CT molecular complexity index is 715. The van der Waals surface area contributed by atoms with Crippen LogP contribution < -0.4 is 5.43 Å². The van der Waals surface area contributed by atoms with Crippen LogP contribution in [0, 0.1) is 10.1 Å². The number of nitrogens with zero attached hydrogens (tertiary/aromatic N) is 2. The van der Waals surface area contributed by atoms with Crippen molar-refractivity contribution in [3.63, 3.8) is 0 Å². The summed E-state index contributed by atoms with van der Waals surface area (Å²) in [6.07, 6.45) is 1.40. The number of hydrazone groups is 1. The lowest BCUT2D eigenvalue weighted by molar-refractivity contribution is -0.385. The van der Waals surface area contributed by atoms with E-state index >= 15 is 0 Å². The second-order valence-corrected chi connectivity index (χ2v) is 5.11. The molecule has 2 aromatic carbocycles. The minimum absolute atomic E-state index is 0.315. The monoisotopic (exact) mass is 339 g/mol. The van der Waals surface area contributed by atoms with Crippen LogP contribution in [0.5, 0.6) is 5.75 Å². The molecule has 8 heteroatoms. The van der Waals surface area contributed by atoms with Crippen LogP contribution in [0.3, 0.4) is 0 Å². The van der Waals surface area contributed by atoms with Gasteiger partial charge in [-0.25, -0.2) is 0 Å². The SMILES string of the molecule is O=[N+]([O-])c1cc(/C=N/NCc2c(Cl)cccc2Cl)ccc1O. The molecular formula is C14H11Cl2N3O3. The van der Waals surface area contributed by atoms with E-state index < -0.39 is 10.7 Å². The number of phenols is 1. The predicted molar refractivity (Wildman–Crippen MR) is 85.7 cm³/mol. The van der Waals surface area contributed by atoms with Crippen molar-refractivity contribution in [2.24, 2.45) is 5.10 Å². The second-order valence-electron chi connectivity index (χ2n) is 4.30. The van der Waals surface area contributed by atoms with Crippen LogP contribution in [0.25, 0.3) is 0 Å². The molecule has 6 nitrogen and oxygen atoms in total. The van der Waals surface area contributed by atoms with Gasteiger partial charge in [0, 0.05) is 27.2 Å². The second kappa shape index (κ2) is 7.11. The summed E-state index contributed by atoms with van der Waals surface area (Å²) in [6.45, 7) is 0.315. The molecule has 114 valence electrons. The molecule has 2 N–H and O–H groups in total. The van der Waals surface area contributed by atoms with Gasteiger partial charge in [-0.05, 0) is 24.3 Å². The van der Waals surface area contributed by atoms with Crippen molar-refractivity contribution in [3.8, 4) is 5.75 Å². The highest BCUT2D eigenvalue weighted by Crippen LogP contribution is 2.26. The van der Waals surface area contributed by atoms with Crippen LogP contribution in [0.1, 0.15) is 11.1 Å². The van der Waals surface area contributed by atoms with E-state index in [-0.39, 0.29) is 5.69 Å². The first-order valence-corrected chi connectivity index (χ1v) is 6.91. The van der Waals surface area contributed by atoms with Crippen molar-refractivity contribution in [1.82, 2.24) is 5.43 Å². The number of rotatable bonds is 5. The molecule has 0 atom stereocenters. The van der Waals surface area contributed by atoms with Gasteiger partial charge in [-0.15, -0.1) is 0 Å². The number of hydrogen-bond donors (Lipinski definition) is 2. The number of phenolic OH excluding ortho intramolecular Hbond substituents is 1. The van der Waals surface area contributed by atoms with Gasteiger partial charge in [0.05, 0.1) is 17.7 Å². The molecule has 0 unspecified atom stereocenters. The summed E-state index contributed by atoms with van der Waals surface area (Å²) in [4.78, 5) is 10.1. The maximum atomic E-state index is 10.7. The van der Waals surface area contributed by atoms with E-state index in [9.17, 15) is 15.2 Å². The highest BCUT2D eigenvalue weighted by molar-refractivity contribution is 6.35. The number of nitro benzene ring substituents is 1. The summed E-state index contributed by atoms with van der Waals surface area (Å²) in [6, 6.07) is 9.16. The van der Waals surface area contributed by atoms with Crippen LogP contribution in [0.4, 0.5) is 5.69 Å². The highest BCUT2D eigenvalue weighted by Gasteiger charge is 2.12. The Morgan fingerprint density at radius 2 is 1.95 bits per heavy atom. The lowest BCUT2D eigenvalue weighted by Gasteiger charge is -2.05. The zero-order valence-electron chi connectivity index (χ0n) is 11.2. The Labute approximate surface area is 136 Å². The molecule has 0 aliphatic carbocycles. The number of hydrogen-bond acceptors (Lipinski definition) is 5. The van der Waals surface area contributed by atoms with Crippen LogP contribution in [0.2, 0.25) is 10.0 Å². The number of aromatic hydroxyl groups is 1. The van der Waals surface area contributed by atoms with Gasteiger partial charge in [-0.2, -0.15) is 5.10 Å². The van der Waals surface area contributed by atoms with Gasteiger partial charge >= 0.3 is 5.69 Å². The minimum atomic E-state index is -0.663. The number of nitro groups is 1. The van der Waals surface area contributed by atoms with Crippen molar-refractivity contribution in [2.75, 3.05) is 0 Å². The molecule has 2 aromatic rings. The number of halogens is 2. The van der Waals surface area contributed by atoms with Crippen molar-refractivity contribution < 1.29 is 10.0 Å². The third-order valence-electron chi connectivity index (χ3n) is 2.82. The fourth-order valence-electron chi connectivity index (χ4n) is 1.71. The van der Waals surface area contributed by atoms with E-state index in [4.69, 9.17) is 23.2 Å². The lowest BCUT2D eigenvalue weighted by atomic mass is 10.2. The maximum absolute atomic E-state index is 10.7. The third-order valence-corrected chi connectivity index (χ3v) is 3.53. The normalized spacial score (nSPS) is 10.8. The van der Waals surface area contributed by atoms with Gasteiger partial charge in [0.1, 0.15) is 0 Å². The summed E-state index contributed by atoms with van der Waals surface area (Å²) in [7, 11) is 0. The fraction of sp³-hybridized carbons (Fsp3) is 0.0714. The van der Waals surface area contributed by atoms with Gasteiger partial charge < -0.3 is 10.5 Å². The molecule has 0 radical (unpaired) electrons. The average Bonchev–Trinajstić information content (AvgIpc) is 2.47. The Kier molecular flexibility index (Phi) is 5.19. The van der Waals surface area contributed by atoms with E-state index in [0.717, 1.165) is 0 Å². The zero-order chi connectivity index (χ0) is 16.1. The molecule has 22 heavy (non-hydrogen) atoms. The van der Waals surface area contributed by atoms with Crippen molar-refractivity contribution in [2.45, 2.75) is 6.54 Å². The standard InChI is InChI=1S/C14H11Cl2N3O3/c15-11-2-1-3-12(16)10(11)8-18-17-7-9-4-5-14(20)13(6-9)19(21)22/h1-7,18,20H,8H2/b17-7+. The predicted octanol–water partition coefficient (Wildman–Crippen LogP) is 3.73. The number of nitrogens with one attached hydrogen (secondary N) is 1. The van der Waals surface area contributed by atoms with Crippen LogP contribution in [0.15, 0.2) is 41.5 Å². The lowest BCUT2D eigenvalue weighted by Crippen LogP contribution is -2.06. The quantitative estimate of drug-likeness (QED) is 0.493. The molecule has 0 amide bonds. The van der Waals surface area contributed by atoms with Crippen LogP contribution in [-0.2, 0) is 6.54 Å². The molecule has 0 fully saturated rings. The first kappa shape index (κ1) is 16.1. The minimum Gasteiger partial charge on any atom is -0.502 e. The van der Waals surface area contributed by atoms with Gasteiger partial charge in [-0.1, -0.05) is 29.3 Å². The first-order valence-electron chi connectivity index (χ1n) is 6.15.